The Labute approximate surface area is 213 Å². The highest BCUT2D eigenvalue weighted by Gasteiger charge is 2.58. The number of alkyl halides is 2. The summed E-state index contributed by atoms with van der Waals surface area (Å²) in [5, 5.41) is 12.3. The van der Waals surface area contributed by atoms with Gasteiger partial charge in [0.25, 0.3) is 5.91 Å². The SMILES string of the molecule is COc1cc(C)c2[nH]ccc2c1CN1CCC2(CC1c1ccc(C(=O)NCC(=O)O)cc1)CC(F)(F)C2. The second-order valence-electron chi connectivity index (χ2n) is 10.5. The van der Waals surface area contributed by atoms with Crippen LogP contribution in [-0.4, -0.2) is 53.0 Å². The molecule has 1 saturated heterocycles. The van der Waals surface area contributed by atoms with Crippen molar-refractivity contribution in [2.24, 2.45) is 5.41 Å². The molecular weight excluding hydrogens is 480 g/mol. The Balaban J connectivity index is 1.45. The number of methoxy groups -OCH3 is 1. The molecule has 1 aliphatic carbocycles. The van der Waals surface area contributed by atoms with Crippen molar-refractivity contribution in [1.82, 2.24) is 15.2 Å². The maximum absolute atomic E-state index is 14.0. The Hall–Kier alpha value is -3.46. The summed E-state index contributed by atoms with van der Waals surface area (Å²) >= 11 is 0. The van der Waals surface area contributed by atoms with Crippen molar-refractivity contribution < 1.29 is 28.2 Å². The number of hydrogen-bond donors (Lipinski definition) is 3. The van der Waals surface area contributed by atoms with Crippen LogP contribution < -0.4 is 10.1 Å². The Bertz CT molecular complexity index is 1330. The number of rotatable bonds is 7. The van der Waals surface area contributed by atoms with Gasteiger partial charge in [0.15, 0.2) is 0 Å². The fourth-order valence-corrected chi connectivity index (χ4v) is 6.16. The highest BCUT2D eigenvalue weighted by Crippen LogP contribution is 2.60. The third-order valence-corrected chi connectivity index (χ3v) is 7.91. The zero-order chi connectivity index (χ0) is 26.4. The van der Waals surface area contributed by atoms with E-state index in [0.717, 1.165) is 33.3 Å². The number of nitrogens with zero attached hydrogens (tertiary/aromatic N) is 1. The van der Waals surface area contributed by atoms with E-state index in [4.69, 9.17) is 9.84 Å². The number of ether oxygens (including phenoxy) is 1. The van der Waals surface area contributed by atoms with E-state index in [2.05, 4.69) is 15.2 Å². The van der Waals surface area contributed by atoms with E-state index in [1.54, 1.807) is 19.2 Å². The molecule has 0 radical (unpaired) electrons. The summed E-state index contributed by atoms with van der Waals surface area (Å²) in [7, 11) is 1.66. The number of carboxylic acid groups (broad SMARTS) is 1. The third kappa shape index (κ3) is 4.92. The molecule has 196 valence electrons. The van der Waals surface area contributed by atoms with Gasteiger partial charge in [-0.1, -0.05) is 12.1 Å². The van der Waals surface area contributed by atoms with Crippen LogP contribution >= 0.6 is 0 Å². The zero-order valence-electron chi connectivity index (χ0n) is 20.9. The lowest BCUT2D eigenvalue weighted by atomic mass is 9.59. The number of amides is 1. The zero-order valence-corrected chi connectivity index (χ0v) is 20.9. The number of halogens is 2. The minimum Gasteiger partial charge on any atom is -0.496 e. The molecule has 1 unspecified atom stereocenters. The lowest BCUT2D eigenvalue weighted by molar-refractivity contribution is -0.186. The van der Waals surface area contributed by atoms with Crippen molar-refractivity contribution in [3.63, 3.8) is 0 Å². The van der Waals surface area contributed by atoms with Crippen molar-refractivity contribution in [3.8, 4) is 5.75 Å². The summed E-state index contributed by atoms with van der Waals surface area (Å²) in [5.74, 6) is -3.39. The van der Waals surface area contributed by atoms with E-state index in [-0.39, 0.29) is 24.3 Å². The number of aromatic nitrogens is 1. The van der Waals surface area contributed by atoms with E-state index in [1.807, 2.05) is 37.4 Å². The van der Waals surface area contributed by atoms with Gasteiger partial charge in [-0.2, -0.15) is 0 Å². The van der Waals surface area contributed by atoms with Crippen LogP contribution in [0.1, 0.15) is 58.8 Å². The van der Waals surface area contributed by atoms with Crippen molar-refractivity contribution in [2.45, 2.75) is 51.1 Å². The van der Waals surface area contributed by atoms with E-state index >= 15 is 0 Å². The fraction of sp³-hybridized carbons (Fsp3) is 0.429. The van der Waals surface area contributed by atoms with Crippen LogP contribution in [0.3, 0.4) is 0 Å². The highest BCUT2D eigenvalue weighted by atomic mass is 19.3. The average Bonchev–Trinajstić information content (AvgIpc) is 3.34. The van der Waals surface area contributed by atoms with Gasteiger partial charge in [0.1, 0.15) is 12.3 Å². The minimum atomic E-state index is -2.60. The monoisotopic (exact) mass is 511 g/mol. The summed E-state index contributed by atoms with van der Waals surface area (Å²) in [6.07, 6.45) is 3.05. The van der Waals surface area contributed by atoms with Crippen LogP contribution in [0.2, 0.25) is 0 Å². The molecule has 5 rings (SSSR count). The van der Waals surface area contributed by atoms with Gasteiger partial charge in [0.05, 0.1) is 7.11 Å². The summed E-state index contributed by atoms with van der Waals surface area (Å²) in [6.45, 7) is 2.84. The summed E-state index contributed by atoms with van der Waals surface area (Å²) in [6, 6.07) is 11.0. The minimum absolute atomic E-state index is 0.0874. The maximum Gasteiger partial charge on any atom is 0.322 e. The molecule has 1 aromatic heterocycles. The number of piperidine rings is 1. The first-order valence-electron chi connectivity index (χ1n) is 12.5. The predicted molar refractivity (Wildman–Crippen MR) is 135 cm³/mol. The number of fused-ring (bicyclic) bond motifs is 1. The second-order valence-corrected chi connectivity index (χ2v) is 10.5. The molecule has 3 aromatic rings. The van der Waals surface area contributed by atoms with Crippen molar-refractivity contribution >= 4 is 22.8 Å². The molecule has 2 aromatic carbocycles. The molecule has 3 N–H and O–H groups in total. The van der Waals surface area contributed by atoms with E-state index in [1.165, 1.54) is 0 Å². The number of nitrogens with one attached hydrogen (secondary N) is 2. The topological polar surface area (TPSA) is 94.7 Å². The number of likely N-dealkylation sites (tertiary alicyclic amines) is 1. The summed E-state index contributed by atoms with van der Waals surface area (Å²) < 4.78 is 33.7. The molecule has 7 nitrogen and oxygen atoms in total. The average molecular weight is 512 g/mol. The van der Waals surface area contributed by atoms with Gasteiger partial charge in [-0.05, 0) is 67.1 Å². The Morgan fingerprint density at radius 2 is 1.95 bits per heavy atom. The van der Waals surface area contributed by atoms with E-state index in [0.29, 0.717) is 31.5 Å². The number of hydrogen-bond acceptors (Lipinski definition) is 4. The molecule has 2 aliphatic rings. The molecule has 0 bridgehead atoms. The molecule has 1 spiro atoms. The molecule has 37 heavy (non-hydrogen) atoms. The number of aryl methyl sites for hydroxylation is 1. The van der Waals surface area contributed by atoms with Gasteiger partial charge in [-0.25, -0.2) is 8.78 Å². The van der Waals surface area contributed by atoms with E-state index in [9.17, 15) is 18.4 Å². The highest BCUT2D eigenvalue weighted by molar-refractivity contribution is 5.95. The van der Waals surface area contributed by atoms with Crippen LogP contribution in [0.25, 0.3) is 10.9 Å². The first kappa shape index (κ1) is 25.2. The third-order valence-electron chi connectivity index (χ3n) is 7.91. The normalized spacial score (nSPS) is 20.5. The van der Waals surface area contributed by atoms with Crippen molar-refractivity contribution in [3.05, 3.63) is 64.8 Å². The number of carbonyl (C=O) groups excluding carboxylic acids is 1. The summed E-state index contributed by atoms with van der Waals surface area (Å²) in [5.41, 5.74) is 4.10. The quantitative estimate of drug-likeness (QED) is 0.413. The van der Waals surface area contributed by atoms with Gasteiger partial charge >= 0.3 is 5.97 Å². The largest absolute Gasteiger partial charge is 0.496 e. The first-order chi connectivity index (χ1) is 17.6. The van der Waals surface area contributed by atoms with Crippen LogP contribution in [-0.2, 0) is 11.3 Å². The Morgan fingerprint density at radius 3 is 2.59 bits per heavy atom. The van der Waals surface area contributed by atoms with Crippen LogP contribution in [0.4, 0.5) is 8.78 Å². The lowest BCUT2D eigenvalue weighted by Gasteiger charge is -2.54. The molecule has 1 atom stereocenters. The molecule has 2 heterocycles. The Morgan fingerprint density at radius 1 is 1.22 bits per heavy atom. The van der Waals surface area contributed by atoms with Crippen LogP contribution in [0.15, 0.2) is 42.6 Å². The van der Waals surface area contributed by atoms with Gasteiger partial charge in [-0.15, -0.1) is 0 Å². The van der Waals surface area contributed by atoms with Gasteiger partial charge in [-0.3, -0.25) is 14.5 Å². The standard InChI is InChI=1S/C28H31F2N3O4/c1-17-11-23(37-2)21(20-7-9-31-25(17)20)14-33-10-8-27(15-28(29,30)16-27)12-22(33)18-3-5-19(6-4-18)26(36)32-13-24(34)35/h3-7,9,11,22,31H,8,10,12-16H2,1-2H3,(H,32,36)(H,34,35). The number of H-pyrrole nitrogens is 1. The van der Waals surface area contributed by atoms with E-state index < -0.39 is 24.3 Å². The molecule has 2 fully saturated rings. The van der Waals surface area contributed by atoms with Gasteiger partial charge < -0.3 is 20.1 Å². The molecule has 1 aliphatic heterocycles. The molecular formula is C28H31F2N3O4. The summed E-state index contributed by atoms with van der Waals surface area (Å²) in [4.78, 5) is 28.7. The van der Waals surface area contributed by atoms with Crippen molar-refractivity contribution in [1.29, 1.82) is 0 Å². The fourth-order valence-electron chi connectivity index (χ4n) is 6.16. The van der Waals surface area contributed by atoms with Crippen LogP contribution in [0.5, 0.6) is 5.75 Å². The predicted octanol–water partition coefficient (Wildman–Crippen LogP) is 5.05. The van der Waals surface area contributed by atoms with Gasteiger partial charge in [0.2, 0.25) is 5.92 Å². The van der Waals surface area contributed by atoms with Crippen LogP contribution in [0, 0.1) is 12.3 Å². The van der Waals surface area contributed by atoms with Gasteiger partial charge in [0, 0.05) is 53.7 Å². The lowest BCUT2D eigenvalue weighted by Crippen LogP contribution is -2.53. The second kappa shape index (κ2) is 9.45. The number of aromatic amines is 1. The number of benzene rings is 2. The first-order valence-corrected chi connectivity index (χ1v) is 12.5. The van der Waals surface area contributed by atoms with Crippen molar-refractivity contribution in [2.75, 3.05) is 20.2 Å². The molecule has 9 heteroatoms. The molecule has 1 amide bonds. The number of aliphatic carboxylic acids is 1. The Kier molecular flexibility index (Phi) is 6.43. The molecule has 1 saturated carbocycles. The maximum atomic E-state index is 14.0. The number of carbonyl (C=O) groups is 2. The smallest absolute Gasteiger partial charge is 0.322 e. The number of carboxylic acids is 1.